The van der Waals surface area contributed by atoms with Gasteiger partial charge in [0.25, 0.3) is 5.91 Å². The molecule has 1 fully saturated rings. The van der Waals surface area contributed by atoms with Gasteiger partial charge in [-0.3, -0.25) is 10.2 Å². The van der Waals surface area contributed by atoms with Gasteiger partial charge in [0.05, 0.1) is 19.4 Å². The molecular formula is C20H25N5O2. The summed E-state index contributed by atoms with van der Waals surface area (Å²) < 4.78 is 5.42. The monoisotopic (exact) mass is 367 g/mol. The highest BCUT2D eigenvalue weighted by molar-refractivity contribution is 5.93. The molecule has 0 atom stereocenters. The van der Waals surface area contributed by atoms with Crippen LogP contribution in [-0.4, -0.2) is 62.4 Å². The van der Waals surface area contributed by atoms with Crippen LogP contribution in [0.1, 0.15) is 21.6 Å². The number of anilines is 2. The smallest absolute Gasteiger partial charge is 0.272 e. The van der Waals surface area contributed by atoms with Crippen LogP contribution in [0, 0.1) is 6.92 Å². The quantitative estimate of drug-likeness (QED) is 0.649. The van der Waals surface area contributed by atoms with Gasteiger partial charge in [0, 0.05) is 38.9 Å². The molecule has 0 saturated carbocycles. The molecule has 0 aliphatic carbocycles. The highest BCUT2D eigenvalue weighted by Gasteiger charge is 2.17. The van der Waals surface area contributed by atoms with Crippen LogP contribution in [0.5, 0.6) is 0 Å². The Bertz CT molecular complexity index is 829. The van der Waals surface area contributed by atoms with Crippen LogP contribution in [0.25, 0.3) is 0 Å². The predicted molar refractivity (Wildman–Crippen MR) is 108 cm³/mol. The van der Waals surface area contributed by atoms with Crippen molar-refractivity contribution in [3.05, 3.63) is 53.2 Å². The van der Waals surface area contributed by atoms with Crippen LogP contribution < -0.4 is 10.3 Å². The molecule has 1 aromatic heterocycles. The van der Waals surface area contributed by atoms with Gasteiger partial charge in [0.2, 0.25) is 0 Å². The molecule has 0 radical (unpaired) electrons. The Labute approximate surface area is 159 Å². The zero-order valence-corrected chi connectivity index (χ0v) is 16.0. The minimum Gasteiger partial charge on any atom is -0.378 e. The largest absolute Gasteiger partial charge is 0.378 e. The van der Waals surface area contributed by atoms with E-state index in [0.717, 1.165) is 24.3 Å². The number of nitrogens with one attached hydrogen (secondary N) is 1. The number of carbonyl (C=O) groups is 1. The molecule has 3 rings (SSSR count). The van der Waals surface area contributed by atoms with E-state index < -0.39 is 0 Å². The number of morpholine rings is 1. The Morgan fingerprint density at radius 3 is 2.74 bits per heavy atom. The van der Waals surface area contributed by atoms with Crippen molar-refractivity contribution in [2.75, 3.05) is 50.7 Å². The third-order valence-electron chi connectivity index (χ3n) is 4.25. The lowest BCUT2D eigenvalue weighted by molar-refractivity contribution is 0.0822. The van der Waals surface area contributed by atoms with Crippen molar-refractivity contribution in [2.24, 2.45) is 5.10 Å². The number of hydrazone groups is 1. The Morgan fingerprint density at radius 1 is 1.26 bits per heavy atom. The zero-order valence-electron chi connectivity index (χ0n) is 16.0. The van der Waals surface area contributed by atoms with Gasteiger partial charge >= 0.3 is 0 Å². The van der Waals surface area contributed by atoms with E-state index in [9.17, 15) is 4.79 Å². The third kappa shape index (κ3) is 5.04. The van der Waals surface area contributed by atoms with Crippen molar-refractivity contribution in [3.63, 3.8) is 0 Å². The SMILES string of the molecule is Cc1cccc(/C=N/Nc2cc(N3CCOCC3)cc(C(=O)N(C)C)n2)c1. The van der Waals surface area contributed by atoms with Crippen LogP contribution in [0.2, 0.25) is 0 Å². The lowest BCUT2D eigenvalue weighted by Crippen LogP contribution is -2.36. The molecule has 2 heterocycles. The average molecular weight is 367 g/mol. The van der Waals surface area contributed by atoms with Crippen molar-refractivity contribution in [1.29, 1.82) is 0 Å². The fraction of sp³-hybridized carbons (Fsp3) is 0.350. The van der Waals surface area contributed by atoms with Gasteiger partial charge in [-0.2, -0.15) is 5.10 Å². The maximum atomic E-state index is 12.4. The Morgan fingerprint density at radius 2 is 2.04 bits per heavy atom. The predicted octanol–water partition coefficient (Wildman–Crippen LogP) is 2.37. The molecule has 1 aromatic carbocycles. The van der Waals surface area contributed by atoms with Gasteiger partial charge in [-0.25, -0.2) is 4.98 Å². The first-order valence-corrected chi connectivity index (χ1v) is 8.95. The molecule has 7 nitrogen and oxygen atoms in total. The van der Waals surface area contributed by atoms with Crippen LogP contribution in [0.4, 0.5) is 11.5 Å². The molecule has 142 valence electrons. The third-order valence-corrected chi connectivity index (χ3v) is 4.25. The number of nitrogens with zero attached hydrogens (tertiary/aromatic N) is 4. The first kappa shape index (κ1) is 18.8. The Hall–Kier alpha value is -2.93. The lowest BCUT2D eigenvalue weighted by atomic mass is 10.2. The first-order valence-electron chi connectivity index (χ1n) is 8.95. The van der Waals surface area contributed by atoms with E-state index in [-0.39, 0.29) is 5.91 Å². The summed E-state index contributed by atoms with van der Waals surface area (Å²) in [7, 11) is 3.43. The first-order chi connectivity index (χ1) is 13.0. The van der Waals surface area contributed by atoms with E-state index in [1.165, 1.54) is 10.5 Å². The van der Waals surface area contributed by atoms with Gasteiger partial charge in [-0.15, -0.1) is 0 Å². The molecule has 7 heteroatoms. The van der Waals surface area contributed by atoms with E-state index in [1.54, 1.807) is 20.3 Å². The molecular weight excluding hydrogens is 342 g/mol. The summed E-state index contributed by atoms with van der Waals surface area (Å²) in [5.41, 5.74) is 6.45. The minimum absolute atomic E-state index is 0.143. The van der Waals surface area contributed by atoms with Gasteiger partial charge in [0.15, 0.2) is 0 Å². The van der Waals surface area contributed by atoms with E-state index in [2.05, 4.69) is 20.4 Å². The van der Waals surface area contributed by atoms with Crippen molar-refractivity contribution >= 4 is 23.6 Å². The minimum atomic E-state index is -0.143. The van der Waals surface area contributed by atoms with Gasteiger partial charge in [-0.05, 0) is 18.6 Å². The number of carbonyl (C=O) groups excluding carboxylic acids is 1. The number of aryl methyl sites for hydroxylation is 1. The highest BCUT2D eigenvalue weighted by atomic mass is 16.5. The molecule has 2 aromatic rings. The molecule has 1 saturated heterocycles. The summed E-state index contributed by atoms with van der Waals surface area (Å²) in [6, 6.07) is 11.8. The van der Waals surface area contributed by atoms with Crippen LogP contribution in [0.15, 0.2) is 41.5 Å². The second-order valence-corrected chi connectivity index (χ2v) is 6.68. The lowest BCUT2D eigenvalue weighted by Gasteiger charge is -2.29. The Balaban J connectivity index is 1.84. The standard InChI is InChI=1S/C20H25N5O2/c1-15-5-4-6-16(11-15)14-21-23-19-13-17(25-7-9-27-10-8-25)12-18(22-19)20(26)24(2)3/h4-6,11-14H,7-10H2,1-3H3,(H,22,23)/b21-14+. The molecule has 0 unspecified atom stereocenters. The maximum absolute atomic E-state index is 12.4. The number of benzene rings is 1. The molecule has 1 aliphatic heterocycles. The highest BCUT2D eigenvalue weighted by Crippen LogP contribution is 2.21. The van der Waals surface area contributed by atoms with Crippen molar-refractivity contribution in [3.8, 4) is 0 Å². The van der Waals surface area contributed by atoms with E-state index in [0.29, 0.717) is 24.7 Å². The summed E-state index contributed by atoms with van der Waals surface area (Å²) in [5.74, 6) is 0.393. The van der Waals surface area contributed by atoms with E-state index in [1.807, 2.05) is 43.3 Å². The van der Waals surface area contributed by atoms with Gasteiger partial charge in [-0.1, -0.05) is 29.8 Å². The van der Waals surface area contributed by atoms with Crippen LogP contribution in [-0.2, 0) is 4.74 Å². The van der Waals surface area contributed by atoms with E-state index in [4.69, 9.17) is 4.74 Å². The topological polar surface area (TPSA) is 70.1 Å². The van der Waals surface area contributed by atoms with Crippen LogP contribution in [0.3, 0.4) is 0 Å². The van der Waals surface area contributed by atoms with Crippen molar-refractivity contribution in [2.45, 2.75) is 6.92 Å². The average Bonchev–Trinajstić information content (AvgIpc) is 2.68. The number of amides is 1. The van der Waals surface area contributed by atoms with E-state index >= 15 is 0 Å². The fourth-order valence-corrected chi connectivity index (χ4v) is 2.84. The number of aromatic nitrogens is 1. The number of ether oxygens (including phenoxy) is 1. The Kier molecular flexibility index (Phi) is 6.03. The normalized spacial score (nSPS) is 14.4. The summed E-state index contributed by atoms with van der Waals surface area (Å²) in [6.07, 6.45) is 1.74. The molecule has 0 bridgehead atoms. The fourth-order valence-electron chi connectivity index (χ4n) is 2.84. The number of pyridine rings is 1. The summed E-state index contributed by atoms with van der Waals surface area (Å²) in [4.78, 5) is 20.5. The van der Waals surface area contributed by atoms with Crippen LogP contribution >= 0.6 is 0 Å². The summed E-state index contributed by atoms with van der Waals surface area (Å²) in [5, 5.41) is 4.28. The van der Waals surface area contributed by atoms with Gasteiger partial charge in [0.1, 0.15) is 11.5 Å². The van der Waals surface area contributed by atoms with Gasteiger partial charge < -0.3 is 14.5 Å². The summed E-state index contributed by atoms with van der Waals surface area (Å²) in [6.45, 7) is 4.95. The number of rotatable bonds is 5. The second kappa shape index (κ2) is 8.64. The molecule has 1 aliphatic rings. The molecule has 1 amide bonds. The molecule has 1 N–H and O–H groups in total. The number of hydrogen-bond acceptors (Lipinski definition) is 6. The molecule has 27 heavy (non-hydrogen) atoms. The molecule has 0 spiro atoms. The second-order valence-electron chi connectivity index (χ2n) is 6.68. The maximum Gasteiger partial charge on any atom is 0.272 e. The summed E-state index contributed by atoms with van der Waals surface area (Å²) >= 11 is 0. The zero-order chi connectivity index (χ0) is 19.2. The van der Waals surface area contributed by atoms with Crippen molar-refractivity contribution < 1.29 is 9.53 Å². The van der Waals surface area contributed by atoms with Crippen molar-refractivity contribution in [1.82, 2.24) is 9.88 Å². The number of hydrogen-bond donors (Lipinski definition) is 1.